The molecule has 0 aromatic heterocycles. The van der Waals surface area contributed by atoms with Gasteiger partial charge in [0.25, 0.3) is 0 Å². The van der Waals surface area contributed by atoms with Gasteiger partial charge in [-0.2, -0.15) is 13.2 Å². The molecule has 0 bridgehead atoms. The van der Waals surface area contributed by atoms with Crippen molar-refractivity contribution in [1.29, 1.82) is 0 Å². The van der Waals surface area contributed by atoms with Crippen molar-refractivity contribution in [2.45, 2.75) is 64.5 Å². The Balaban J connectivity index is 2.17. The number of unbranched alkanes of at least 4 members (excludes halogenated alkanes) is 7. The van der Waals surface area contributed by atoms with E-state index in [4.69, 9.17) is 0 Å². The quantitative estimate of drug-likeness (QED) is 0.437. The summed E-state index contributed by atoms with van der Waals surface area (Å²) in [7, 11) is 0. The Hall–Kier alpha value is -0.970. The SMILES string of the molecule is CCCCCCCCCCSC(=O)c1ccc(C(F)(F)F)cc1. The molecule has 0 aliphatic carbocycles. The zero-order valence-electron chi connectivity index (χ0n) is 13.6. The Morgan fingerprint density at radius 1 is 0.913 bits per heavy atom. The summed E-state index contributed by atoms with van der Waals surface area (Å²) < 4.78 is 37.3. The summed E-state index contributed by atoms with van der Waals surface area (Å²) in [5, 5.41) is -0.151. The number of carbonyl (C=O) groups is 1. The molecule has 0 unspecified atom stereocenters. The van der Waals surface area contributed by atoms with Crippen molar-refractivity contribution < 1.29 is 18.0 Å². The zero-order chi connectivity index (χ0) is 17.1. The summed E-state index contributed by atoms with van der Waals surface area (Å²) >= 11 is 1.19. The highest BCUT2D eigenvalue weighted by atomic mass is 32.2. The first-order valence-corrected chi connectivity index (χ1v) is 9.28. The second-order valence-corrected chi connectivity index (χ2v) is 6.75. The van der Waals surface area contributed by atoms with E-state index < -0.39 is 11.7 Å². The fourth-order valence-electron chi connectivity index (χ4n) is 2.28. The van der Waals surface area contributed by atoms with Crippen LogP contribution in [0.1, 0.15) is 74.2 Å². The van der Waals surface area contributed by atoms with Crippen LogP contribution in [0.2, 0.25) is 0 Å². The molecule has 23 heavy (non-hydrogen) atoms. The number of carbonyl (C=O) groups excluding carboxylic acids is 1. The minimum atomic E-state index is -4.36. The summed E-state index contributed by atoms with van der Waals surface area (Å²) in [6, 6.07) is 4.44. The number of thioether (sulfide) groups is 1. The molecule has 0 amide bonds. The van der Waals surface area contributed by atoms with E-state index in [9.17, 15) is 18.0 Å². The van der Waals surface area contributed by atoms with Gasteiger partial charge in [0.1, 0.15) is 0 Å². The van der Waals surface area contributed by atoms with Gasteiger partial charge in [-0.15, -0.1) is 0 Å². The van der Waals surface area contributed by atoms with Crippen LogP contribution in [0.15, 0.2) is 24.3 Å². The van der Waals surface area contributed by atoms with Crippen LogP contribution in [-0.4, -0.2) is 10.9 Å². The highest BCUT2D eigenvalue weighted by Crippen LogP contribution is 2.29. The van der Waals surface area contributed by atoms with E-state index in [1.165, 1.54) is 62.4 Å². The summed E-state index contributed by atoms with van der Waals surface area (Å²) in [5.74, 6) is 0.731. The normalized spacial score (nSPS) is 11.7. The van der Waals surface area contributed by atoms with E-state index in [2.05, 4.69) is 6.92 Å². The predicted molar refractivity (Wildman–Crippen MR) is 90.8 cm³/mol. The van der Waals surface area contributed by atoms with Gasteiger partial charge in [-0.25, -0.2) is 0 Å². The second-order valence-electron chi connectivity index (χ2n) is 5.69. The highest BCUT2D eigenvalue weighted by Gasteiger charge is 2.30. The van der Waals surface area contributed by atoms with Crippen LogP contribution in [0.4, 0.5) is 13.2 Å². The fourth-order valence-corrected chi connectivity index (χ4v) is 3.12. The molecular weight excluding hydrogens is 321 g/mol. The molecule has 0 fully saturated rings. The smallest absolute Gasteiger partial charge is 0.282 e. The molecular formula is C18H25F3OS. The predicted octanol–water partition coefficient (Wildman–Crippen LogP) is 6.72. The van der Waals surface area contributed by atoms with E-state index in [0.717, 1.165) is 30.7 Å². The van der Waals surface area contributed by atoms with Gasteiger partial charge in [-0.1, -0.05) is 63.6 Å². The van der Waals surface area contributed by atoms with Crippen molar-refractivity contribution in [3.63, 3.8) is 0 Å². The van der Waals surface area contributed by atoms with Crippen LogP contribution >= 0.6 is 11.8 Å². The Kier molecular flexibility index (Phi) is 9.37. The minimum absolute atomic E-state index is 0.151. The average molecular weight is 346 g/mol. The number of halogens is 3. The number of hydrogen-bond donors (Lipinski definition) is 0. The van der Waals surface area contributed by atoms with Crippen LogP contribution in [0.3, 0.4) is 0 Å². The summed E-state index contributed by atoms with van der Waals surface area (Å²) in [6.07, 6.45) is 5.32. The topological polar surface area (TPSA) is 17.1 Å². The maximum absolute atomic E-state index is 12.4. The molecule has 1 rings (SSSR count). The first kappa shape index (κ1) is 20.1. The van der Waals surface area contributed by atoms with Crippen molar-refractivity contribution in [1.82, 2.24) is 0 Å². The number of alkyl halides is 3. The molecule has 0 atom stereocenters. The molecule has 0 heterocycles. The molecule has 1 nitrogen and oxygen atoms in total. The Morgan fingerprint density at radius 2 is 1.43 bits per heavy atom. The highest BCUT2D eigenvalue weighted by molar-refractivity contribution is 8.14. The van der Waals surface area contributed by atoms with Gasteiger partial charge >= 0.3 is 6.18 Å². The maximum atomic E-state index is 12.4. The summed E-state index contributed by atoms with van der Waals surface area (Å²) in [6.45, 7) is 2.20. The van der Waals surface area contributed by atoms with Crippen molar-refractivity contribution in [2.75, 3.05) is 5.75 Å². The molecule has 130 valence electrons. The molecule has 0 radical (unpaired) electrons. The molecule has 5 heteroatoms. The van der Waals surface area contributed by atoms with Gasteiger partial charge in [0.15, 0.2) is 0 Å². The van der Waals surface area contributed by atoms with Gasteiger partial charge in [0.05, 0.1) is 5.56 Å². The van der Waals surface area contributed by atoms with Crippen LogP contribution in [0, 0.1) is 0 Å². The Morgan fingerprint density at radius 3 is 1.96 bits per heavy atom. The van der Waals surface area contributed by atoms with Crippen LogP contribution in [0.5, 0.6) is 0 Å². The molecule has 0 aliphatic heterocycles. The fraction of sp³-hybridized carbons (Fsp3) is 0.611. The second kappa shape index (κ2) is 10.7. The van der Waals surface area contributed by atoms with E-state index in [1.807, 2.05) is 0 Å². The van der Waals surface area contributed by atoms with E-state index in [-0.39, 0.29) is 5.12 Å². The molecule has 0 saturated carbocycles. The lowest BCUT2D eigenvalue weighted by Crippen LogP contribution is -2.05. The maximum Gasteiger partial charge on any atom is 0.416 e. The lowest BCUT2D eigenvalue weighted by molar-refractivity contribution is -0.137. The minimum Gasteiger partial charge on any atom is -0.282 e. The first-order chi connectivity index (χ1) is 10.9. The van der Waals surface area contributed by atoms with Gasteiger partial charge < -0.3 is 0 Å². The van der Waals surface area contributed by atoms with E-state index in [1.54, 1.807) is 0 Å². The standard InChI is InChI=1S/C18H25F3OS/c1-2-3-4-5-6-7-8-9-14-23-17(22)15-10-12-16(13-11-15)18(19,20)21/h10-13H,2-9,14H2,1H3. The van der Waals surface area contributed by atoms with Gasteiger partial charge in [-0.3, -0.25) is 4.79 Å². The molecule has 0 N–H and O–H groups in total. The van der Waals surface area contributed by atoms with Crippen molar-refractivity contribution >= 4 is 16.9 Å². The average Bonchev–Trinajstić information content (AvgIpc) is 2.52. The lowest BCUT2D eigenvalue weighted by Gasteiger charge is -2.07. The number of hydrogen-bond acceptors (Lipinski definition) is 2. The number of rotatable bonds is 10. The Bertz CT molecular complexity index is 454. The van der Waals surface area contributed by atoms with Crippen LogP contribution < -0.4 is 0 Å². The summed E-state index contributed by atoms with van der Waals surface area (Å²) in [4.78, 5) is 11.9. The first-order valence-electron chi connectivity index (χ1n) is 8.29. The van der Waals surface area contributed by atoms with E-state index in [0.29, 0.717) is 5.56 Å². The zero-order valence-corrected chi connectivity index (χ0v) is 14.4. The van der Waals surface area contributed by atoms with Crippen LogP contribution in [-0.2, 0) is 6.18 Å². The van der Waals surface area contributed by atoms with Gasteiger partial charge in [0, 0.05) is 11.3 Å². The molecule has 0 aliphatic rings. The molecule has 0 saturated heterocycles. The number of benzene rings is 1. The van der Waals surface area contributed by atoms with E-state index >= 15 is 0 Å². The van der Waals surface area contributed by atoms with Crippen molar-refractivity contribution in [3.8, 4) is 0 Å². The largest absolute Gasteiger partial charge is 0.416 e. The lowest BCUT2D eigenvalue weighted by atomic mass is 10.1. The van der Waals surface area contributed by atoms with Crippen molar-refractivity contribution in [3.05, 3.63) is 35.4 Å². The van der Waals surface area contributed by atoms with Crippen LogP contribution in [0.25, 0.3) is 0 Å². The van der Waals surface area contributed by atoms with Gasteiger partial charge in [-0.05, 0) is 30.7 Å². The Labute approximate surface area is 141 Å². The third kappa shape index (κ3) is 8.45. The molecule has 0 spiro atoms. The molecule has 1 aromatic rings. The third-order valence-corrected chi connectivity index (χ3v) is 4.67. The van der Waals surface area contributed by atoms with Crippen molar-refractivity contribution in [2.24, 2.45) is 0 Å². The summed E-state index contributed by atoms with van der Waals surface area (Å²) in [5.41, 5.74) is -0.385. The van der Waals surface area contributed by atoms with Gasteiger partial charge in [0.2, 0.25) is 5.12 Å². The monoisotopic (exact) mass is 346 g/mol. The molecule has 1 aromatic carbocycles. The third-order valence-electron chi connectivity index (χ3n) is 3.68.